The predicted octanol–water partition coefficient (Wildman–Crippen LogP) is 4.39. The van der Waals surface area contributed by atoms with E-state index in [-0.39, 0.29) is 0 Å². The minimum Gasteiger partial charge on any atom is -0.497 e. The fourth-order valence-electron chi connectivity index (χ4n) is 2.86. The second-order valence-electron chi connectivity index (χ2n) is 5.89. The third-order valence-electron chi connectivity index (χ3n) is 3.89. The molecule has 23 heavy (non-hydrogen) atoms. The van der Waals surface area contributed by atoms with Crippen LogP contribution in [-0.4, -0.2) is 11.7 Å². The molecule has 0 aliphatic rings. The number of nitrogen functional groups attached to an aromatic ring is 1. The first-order valence-corrected chi connectivity index (χ1v) is 7.74. The molecule has 0 spiro atoms. The smallest absolute Gasteiger partial charge is 0.128 e. The molecule has 2 N–H and O–H groups in total. The lowest BCUT2D eigenvalue weighted by molar-refractivity contribution is 0.291. The molecule has 2 aromatic carbocycles. The summed E-state index contributed by atoms with van der Waals surface area (Å²) in [7, 11) is 1.65. The van der Waals surface area contributed by atoms with Gasteiger partial charge in [-0.2, -0.15) is 0 Å². The molecular formula is C19H22N2O2. The Morgan fingerprint density at radius 3 is 2.57 bits per heavy atom. The number of hydrogen-bond donors (Lipinski definition) is 1. The average molecular weight is 310 g/mol. The molecule has 0 amide bonds. The summed E-state index contributed by atoms with van der Waals surface area (Å²) in [5.74, 6) is 1.59. The number of ether oxygens (including phenoxy) is 2. The van der Waals surface area contributed by atoms with Crippen LogP contribution in [-0.2, 0) is 6.61 Å². The number of anilines is 1. The van der Waals surface area contributed by atoms with Gasteiger partial charge in [-0.15, -0.1) is 0 Å². The molecule has 3 rings (SSSR count). The van der Waals surface area contributed by atoms with Crippen LogP contribution in [0.15, 0.2) is 48.5 Å². The van der Waals surface area contributed by atoms with Crippen LogP contribution in [0.25, 0.3) is 10.9 Å². The molecule has 0 aliphatic heterocycles. The molecule has 0 fully saturated rings. The normalized spacial score (nSPS) is 11.1. The Balaban J connectivity index is 1.91. The molecule has 0 bridgehead atoms. The zero-order valence-corrected chi connectivity index (χ0v) is 13.7. The molecular weight excluding hydrogens is 288 g/mol. The van der Waals surface area contributed by atoms with Gasteiger partial charge < -0.3 is 19.8 Å². The molecule has 0 saturated carbocycles. The van der Waals surface area contributed by atoms with E-state index in [1.165, 1.54) is 5.39 Å². The van der Waals surface area contributed by atoms with Crippen molar-refractivity contribution in [2.24, 2.45) is 0 Å². The van der Waals surface area contributed by atoms with Crippen LogP contribution >= 0.6 is 0 Å². The summed E-state index contributed by atoms with van der Waals surface area (Å²) in [6.07, 6.45) is 0. The van der Waals surface area contributed by atoms with Gasteiger partial charge in [-0.05, 0) is 44.2 Å². The first-order chi connectivity index (χ1) is 11.1. The number of benzene rings is 2. The second-order valence-corrected chi connectivity index (χ2v) is 5.89. The largest absolute Gasteiger partial charge is 0.497 e. The van der Waals surface area contributed by atoms with Crippen LogP contribution in [0.2, 0.25) is 0 Å². The van der Waals surface area contributed by atoms with Gasteiger partial charge in [0.15, 0.2) is 0 Å². The van der Waals surface area contributed by atoms with Crippen molar-refractivity contribution in [1.82, 2.24) is 4.57 Å². The molecule has 0 saturated heterocycles. The van der Waals surface area contributed by atoms with Crippen LogP contribution in [0.4, 0.5) is 5.69 Å². The zero-order chi connectivity index (χ0) is 16.4. The molecule has 4 nitrogen and oxygen atoms in total. The Morgan fingerprint density at radius 1 is 1.04 bits per heavy atom. The van der Waals surface area contributed by atoms with E-state index >= 15 is 0 Å². The highest BCUT2D eigenvalue weighted by Gasteiger charge is 2.12. The summed E-state index contributed by atoms with van der Waals surface area (Å²) in [4.78, 5) is 0. The van der Waals surface area contributed by atoms with Gasteiger partial charge in [-0.25, -0.2) is 0 Å². The maximum absolute atomic E-state index is 5.95. The van der Waals surface area contributed by atoms with Crippen LogP contribution in [0, 0.1) is 0 Å². The van der Waals surface area contributed by atoms with Gasteiger partial charge in [0.2, 0.25) is 0 Å². The third kappa shape index (κ3) is 3.11. The van der Waals surface area contributed by atoms with Crippen molar-refractivity contribution < 1.29 is 9.47 Å². The minimum atomic E-state index is 0.332. The molecule has 0 atom stereocenters. The van der Waals surface area contributed by atoms with Gasteiger partial charge >= 0.3 is 0 Å². The number of nitrogens with zero attached hydrogens (tertiary/aromatic N) is 1. The summed E-state index contributed by atoms with van der Waals surface area (Å²) in [5, 5.41) is 1.18. The molecule has 0 radical (unpaired) electrons. The summed E-state index contributed by atoms with van der Waals surface area (Å²) < 4.78 is 13.5. The van der Waals surface area contributed by atoms with Gasteiger partial charge in [0.05, 0.1) is 18.3 Å². The predicted molar refractivity (Wildman–Crippen MR) is 94.1 cm³/mol. The van der Waals surface area contributed by atoms with Crippen LogP contribution in [0.5, 0.6) is 11.5 Å². The SMILES string of the molecule is COc1cccc(OCc2cc3ccc(N)cc3n2C(C)C)c1. The first-order valence-electron chi connectivity index (χ1n) is 7.74. The van der Waals surface area contributed by atoms with Gasteiger partial charge in [0, 0.05) is 23.2 Å². The fourth-order valence-corrected chi connectivity index (χ4v) is 2.86. The molecule has 120 valence electrons. The topological polar surface area (TPSA) is 49.4 Å². The molecule has 0 unspecified atom stereocenters. The lowest BCUT2D eigenvalue weighted by Crippen LogP contribution is -2.08. The van der Waals surface area contributed by atoms with Crippen LogP contribution < -0.4 is 15.2 Å². The maximum Gasteiger partial charge on any atom is 0.128 e. The van der Waals surface area contributed by atoms with Crippen molar-refractivity contribution in [2.75, 3.05) is 12.8 Å². The number of methoxy groups -OCH3 is 1. The van der Waals surface area contributed by atoms with Crippen molar-refractivity contribution in [3.05, 3.63) is 54.2 Å². The molecule has 4 heteroatoms. The van der Waals surface area contributed by atoms with Crippen LogP contribution in [0.1, 0.15) is 25.6 Å². The van der Waals surface area contributed by atoms with Gasteiger partial charge in [-0.1, -0.05) is 12.1 Å². The van der Waals surface area contributed by atoms with Gasteiger partial charge in [0.25, 0.3) is 0 Å². The van der Waals surface area contributed by atoms with E-state index in [0.29, 0.717) is 12.6 Å². The minimum absolute atomic E-state index is 0.332. The monoisotopic (exact) mass is 310 g/mol. The average Bonchev–Trinajstić information content (AvgIpc) is 2.90. The second kappa shape index (κ2) is 6.24. The van der Waals surface area contributed by atoms with E-state index in [1.807, 2.05) is 36.4 Å². The fraction of sp³-hybridized carbons (Fsp3) is 0.263. The molecule has 1 heterocycles. The molecule has 1 aromatic heterocycles. The number of aromatic nitrogens is 1. The third-order valence-corrected chi connectivity index (χ3v) is 3.89. The van der Waals surface area contributed by atoms with Crippen molar-refractivity contribution in [3.8, 4) is 11.5 Å². The van der Waals surface area contributed by atoms with Crippen molar-refractivity contribution in [3.63, 3.8) is 0 Å². The number of rotatable bonds is 5. The highest BCUT2D eigenvalue weighted by Crippen LogP contribution is 2.27. The standard InChI is InChI=1S/C19H22N2O2/c1-13(2)21-16(9-14-7-8-15(20)10-19(14)21)12-23-18-6-4-5-17(11-18)22-3/h4-11,13H,12,20H2,1-3H3. The van der Waals surface area contributed by atoms with E-state index in [1.54, 1.807) is 7.11 Å². The summed E-state index contributed by atoms with van der Waals surface area (Å²) >= 11 is 0. The lowest BCUT2D eigenvalue weighted by Gasteiger charge is -2.15. The van der Waals surface area contributed by atoms with E-state index < -0.39 is 0 Å². The van der Waals surface area contributed by atoms with Crippen molar-refractivity contribution >= 4 is 16.6 Å². The van der Waals surface area contributed by atoms with Gasteiger partial charge in [-0.3, -0.25) is 0 Å². The van der Waals surface area contributed by atoms with Crippen LogP contribution in [0.3, 0.4) is 0 Å². The Labute approximate surface area is 136 Å². The maximum atomic E-state index is 5.95. The number of fused-ring (bicyclic) bond motifs is 1. The van der Waals surface area contributed by atoms with Crippen molar-refractivity contribution in [1.29, 1.82) is 0 Å². The summed E-state index contributed by atoms with van der Waals surface area (Å²) in [6.45, 7) is 4.83. The quantitative estimate of drug-likeness (QED) is 0.711. The van der Waals surface area contributed by atoms with E-state index in [9.17, 15) is 0 Å². The van der Waals surface area contributed by atoms with E-state index in [2.05, 4.69) is 30.5 Å². The highest BCUT2D eigenvalue weighted by atomic mass is 16.5. The lowest BCUT2D eigenvalue weighted by atomic mass is 10.2. The van der Waals surface area contributed by atoms with Gasteiger partial charge in [0.1, 0.15) is 18.1 Å². The van der Waals surface area contributed by atoms with E-state index in [0.717, 1.165) is 28.4 Å². The summed E-state index contributed by atoms with van der Waals surface area (Å²) in [6, 6.07) is 16.1. The van der Waals surface area contributed by atoms with Crippen molar-refractivity contribution in [2.45, 2.75) is 26.5 Å². The number of hydrogen-bond acceptors (Lipinski definition) is 3. The Bertz CT molecular complexity index is 821. The zero-order valence-electron chi connectivity index (χ0n) is 13.7. The number of nitrogens with two attached hydrogens (primary N) is 1. The Kier molecular flexibility index (Phi) is 4.15. The van der Waals surface area contributed by atoms with E-state index in [4.69, 9.17) is 15.2 Å². The highest BCUT2D eigenvalue weighted by molar-refractivity contribution is 5.84. The Hall–Kier alpha value is -2.62. The first kappa shape index (κ1) is 15.3. The summed E-state index contributed by atoms with van der Waals surface area (Å²) in [5.41, 5.74) is 8.99. The Morgan fingerprint density at radius 2 is 1.83 bits per heavy atom. The molecule has 3 aromatic rings. The molecule has 0 aliphatic carbocycles.